The highest BCUT2D eigenvalue weighted by molar-refractivity contribution is 7.00. The smallest absolute Gasteiger partial charge is 0.252 e. The number of nitrogens with zero attached hydrogens (tertiary/aromatic N) is 4. The first-order chi connectivity index (χ1) is 35.4. The predicted molar refractivity (Wildman–Crippen MR) is 318 cm³/mol. The molecule has 2 fully saturated rings. The molecule has 0 bridgehead atoms. The van der Waals surface area contributed by atoms with Crippen LogP contribution in [-0.4, -0.2) is 17.8 Å². The zero-order chi connectivity index (χ0) is 50.0. The van der Waals surface area contributed by atoms with Crippen molar-refractivity contribution in [2.75, 3.05) is 19.6 Å². The van der Waals surface area contributed by atoms with Crippen LogP contribution in [0.1, 0.15) is 120 Å². The van der Waals surface area contributed by atoms with Gasteiger partial charge < -0.3 is 19.6 Å². The Kier molecular flexibility index (Phi) is 11.4. The summed E-state index contributed by atoms with van der Waals surface area (Å²) in [6.45, 7) is 19.7. The number of para-hydroxylation sites is 4. The summed E-state index contributed by atoms with van der Waals surface area (Å²) >= 11 is 0. The first kappa shape index (κ1) is 48.0. The number of aryl methyl sites for hydroxylation is 4. The summed E-state index contributed by atoms with van der Waals surface area (Å²) in [5.74, 6) is 0. The number of benzene rings is 8. The Hall–Kier alpha value is -6.98. The molecule has 0 spiro atoms. The SMILES string of the molecule is C.Cc1cc(C)c2c(c1)N(c1cccc(N(c3ccccc3)c3ccccc3)c1)C1(C)CCCCC21C.Cc1cc(C)c2c3c1B1c4ccccc4N(c4ccccc4)c4cccc(c41)N3C1(C)CCCCC21C. The molecule has 8 aromatic rings. The Balaban J connectivity index is 0.000000148. The van der Waals surface area contributed by atoms with Gasteiger partial charge in [-0.15, -0.1) is 0 Å². The second-order valence-electron chi connectivity index (χ2n) is 23.3. The van der Waals surface area contributed by atoms with Gasteiger partial charge in [0.1, 0.15) is 0 Å². The van der Waals surface area contributed by atoms with E-state index in [9.17, 15) is 0 Å². The van der Waals surface area contributed by atoms with Crippen LogP contribution < -0.4 is 36.0 Å². The lowest BCUT2D eigenvalue weighted by Crippen LogP contribution is -2.65. The van der Waals surface area contributed by atoms with E-state index in [1.165, 1.54) is 147 Å². The molecule has 2 saturated carbocycles. The molecule has 74 heavy (non-hydrogen) atoms. The molecule has 4 nitrogen and oxygen atoms in total. The van der Waals surface area contributed by atoms with Crippen LogP contribution in [0.15, 0.2) is 176 Å². The molecule has 8 aromatic carbocycles. The van der Waals surface area contributed by atoms with Gasteiger partial charge >= 0.3 is 0 Å². The van der Waals surface area contributed by atoms with E-state index in [0.29, 0.717) is 0 Å². The van der Waals surface area contributed by atoms with Crippen LogP contribution in [0.25, 0.3) is 0 Å². The van der Waals surface area contributed by atoms with Gasteiger partial charge in [-0.05, 0) is 190 Å². The highest BCUT2D eigenvalue weighted by Crippen LogP contribution is 2.64. The number of anilines is 10. The normalized spacial score (nSPS) is 23.2. The highest BCUT2D eigenvalue weighted by atomic mass is 15.3. The molecule has 4 aliphatic heterocycles. The van der Waals surface area contributed by atoms with Crippen LogP contribution in [0.2, 0.25) is 0 Å². The van der Waals surface area contributed by atoms with Gasteiger partial charge in [0.25, 0.3) is 6.71 Å². The molecular weight excluding hydrogens is 896 g/mol. The van der Waals surface area contributed by atoms with E-state index in [1.807, 2.05) is 0 Å². The minimum atomic E-state index is 0. The quantitative estimate of drug-likeness (QED) is 0.159. The van der Waals surface area contributed by atoms with E-state index in [1.54, 1.807) is 11.1 Å². The van der Waals surface area contributed by atoms with E-state index in [2.05, 4.69) is 251 Å². The van der Waals surface area contributed by atoms with Crippen molar-refractivity contribution in [2.45, 2.75) is 136 Å². The summed E-state index contributed by atoms with van der Waals surface area (Å²) in [5, 5.41) is 0. The standard InChI is InChI=1S/C34H33BN2.C34H36N2.CH4/c1-22-21-23(2)30-32-29(22)33(3)19-10-11-20-34(33,4)37(32)28-18-12-17-27-31(28)35(30)25-15-8-9-16-26(25)36(27)24-13-6-5-7-14-24;1-25-22-26(2)32-31(23-25)36(34(4)21-12-11-20-33(32,34)3)30-19-13-18-29(24-30)35(27-14-7-5-8-15-27)28-16-9-6-10-17-28;/h5-9,12-18,21H,10-11,19-20H2,1-4H3;5-10,13-19,22-24H,11-12,20-21H2,1-4H3;1H4. The lowest BCUT2D eigenvalue weighted by atomic mass is 9.32. The second-order valence-corrected chi connectivity index (χ2v) is 23.3. The van der Waals surface area contributed by atoms with Crippen LogP contribution in [0, 0.1) is 27.7 Å². The van der Waals surface area contributed by atoms with Crippen LogP contribution in [0.3, 0.4) is 0 Å². The number of hydrogen-bond donors (Lipinski definition) is 0. The minimum absolute atomic E-state index is 0. The molecule has 14 rings (SSSR count). The third-order valence-corrected chi connectivity index (χ3v) is 19.3. The summed E-state index contributed by atoms with van der Waals surface area (Å²) in [6, 6.07) is 65.0. The van der Waals surface area contributed by atoms with Gasteiger partial charge in [0.2, 0.25) is 0 Å². The molecule has 6 aliphatic rings. The molecule has 5 heteroatoms. The highest BCUT2D eigenvalue weighted by Gasteiger charge is 2.62. The van der Waals surface area contributed by atoms with Gasteiger partial charge in [0.15, 0.2) is 0 Å². The van der Waals surface area contributed by atoms with Crippen molar-refractivity contribution in [1.82, 2.24) is 0 Å². The fourth-order valence-corrected chi connectivity index (χ4v) is 15.9. The van der Waals surface area contributed by atoms with Gasteiger partial charge in [0.05, 0.1) is 11.1 Å². The average Bonchev–Trinajstić information content (AvgIpc) is 3.83. The molecule has 0 aromatic heterocycles. The van der Waals surface area contributed by atoms with Gasteiger partial charge in [0, 0.05) is 67.7 Å². The fraction of sp³-hybridized carbons (Fsp3) is 0.304. The molecular formula is C69H73BN4. The van der Waals surface area contributed by atoms with Crippen molar-refractivity contribution in [3.05, 3.63) is 209 Å². The van der Waals surface area contributed by atoms with Crippen LogP contribution >= 0.6 is 0 Å². The second kappa shape index (κ2) is 17.6. The largest absolute Gasteiger partial charge is 0.335 e. The fourth-order valence-electron chi connectivity index (χ4n) is 15.9. The van der Waals surface area contributed by atoms with Crippen LogP contribution in [0.5, 0.6) is 0 Å². The Labute approximate surface area is 442 Å². The Morgan fingerprint density at radius 3 is 1.61 bits per heavy atom. The minimum Gasteiger partial charge on any atom is -0.335 e. The van der Waals surface area contributed by atoms with Gasteiger partial charge in [-0.2, -0.15) is 0 Å². The lowest BCUT2D eigenvalue weighted by molar-refractivity contribution is 0.194. The first-order valence-electron chi connectivity index (χ1n) is 27.3. The zero-order valence-corrected chi connectivity index (χ0v) is 44.3. The van der Waals surface area contributed by atoms with E-state index in [0.717, 1.165) is 0 Å². The number of hydrogen-bond acceptors (Lipinski definition) is 4. The van der Waals surface area contributed by atoms with Gasteiger partial charge in [-0.1, -0.05) is 150 Å². The van der Waals surface area contributed by atoms with Crippen molar-refractivity contribution < 1.29 is 0 Å². The van der Waals surface area contributed by atoms with Crippen molar-refractivity contribution >= 4 is 80.0 Å². The molecule has 4 atom stereocenters. The maximum absolute atomic E-state index is 2.82. The molecule has 4 unspecified atom stereocenters. The summed E-state index contributed by atoms with van der Waals surface area (Å²) in [7, 11) is 0. The van der Waals surface area contributed by atoms with Crippen molar-refractivity contribution in [3.8, 4) is 0 Å². The summed E-state index contributed by atoms with van der Waals surface area (Å²) in [4.78, 5) is 10.4. The zero-order valence-electron chi connectivity index (χ0n) is 44.3. The van der Waals surface area contributed by atoms with Crippen LogP contribution in [-0.2, 0) is 10.8 Å². The Morgan fingerprint density at radius 1 is 0.419 bits per heavy atom. The number of rotatable bonds is 5. The third-order valence-electron chi connectivity index (χ3n) is 19.3. The molecule has 4 heterocycles. The Morgan fingerprint density at radius 2 is 0.932 bits per heavy atom. The van der Waals surface area contributed by atoms with Crippen molar-refractivity contribution in [3.63, 3.8) is 0 Å². The summed E-state index contributed by atoms with van der Waals surface area (Å²) in [6.07, 6.45) is 10.2. The van der Waals surface area contributed by atoms with E-state index in [-0.39, 0.29) is 36.0 Å². The van der Waals surface area contributed by atoms with E-state index >= 15 is 0 Å². The summed E-state index contributed by atoms with van der Waals surface area (Å²) < 4.78 is 0. The summed E-state index contributed by atoms with van der Waals surface area (Å²) in [5.41, 5.74) is 26.8. The number of fused-ring (bicyclic) bond motifs is 10. The van der Waals surface area contributed by atoms with Crippen molar-refractivity contribution in [1.29, 1.82) is 0 Å². The average molecular weight is 969 g/mol. The van der Waals surface area contributed by atoms with Gasteiger partial charge in [-0.3, -0.25) is 0 Å². The van der Waals surface area contributed by atoms with E-state index < -0.39 is 0 Å². The van der Waals surface area contributed by atoms with Gasteiger partial charge in [-0.25, -0.2) is 0 Å². The third kappa shape index (κ3) is 6.66. The molecule has 0 N–H and O–H groups in total. The Bertz CT molecular complexity index is 3420. The molecule has 372 valence electrons. The topological polar surface area (TPSA) is 13.0 Å². The molecule has 0 saturated heterocycles. The maximum Gasteiger partial charge on any atom is 0.252 e. The first-order valence-corrected chi connectivity index (χ1v) is 27.3. The molecule has 2 aliphatic carbocycles. The molecule has 0 amide bonds. The monoisotopic (exact) mass is 969 g/mol. The predicted octanol–water partition coefficient (Wildman–Crippen LogP) is 16.8. The maximum atomic E-state index is 2.82. The van der Waals surface area contributed by atoms with Crippen LogP contribution in [0.4, 0.5) is 56.9 Å². The van der Waals surface area contributed by atoms with Crippen molar-refractivity contribution in [2.24, 2.45) is 0 Å². The lowest BCUT2D eigenvalue weighted by Gasteiger charge is -2.52. The molecule has 0 radical (unpaired) electrons. The van der Waals surface area contributed by atoms with E-state index in [4.69, 9.17) is 0 Å².